The number of rotatable bonds is 3. The number of para-hydroxylation sites is 1. The summed E-state index contributed by atoms with van der Waals surface area (Å²) in [5.41, 5.74) is 3.93. The number of hydrogen-bond acceptors (Lipinski definition) is 2. The topological polar surface area (TPSA) is 55.1 Å². The van der Waals surface area contributed by atoms with Crippen LogP contribution in [0.5, 0.6) is 0 Å². The summed E-state index contributed by atoms with van der Waals surface area (Å²) in [6.45, 7) is 0. The van der Waals surface area contributed by atoms with Crippen molar-refractivity contribution in [2.24, 2.45) is 7.05 Å². The van der Waals surface area contributed by atoms with Crippen LogP contribution in [0.1, 0.15) is 12.1 Å². The molecule has 0 spiro atoms. The maximum Gasteiger partial charge on any atom is 0.303 e. The lowest BCUT2D eigenvalue weighted by Crippen LogP contribution is -2.07. The number of carbonyl (C=O) groups is 1. The van der Waals surface area contributed by atoms with Gasteiger partial charge in [-0.15, -0.1) is 0 Å². The molecule has 2 heterocycles. The zero-order valence-corrected chi connectivity index (χ0v) is 10.6. The summed E-state index contributed by atoms with van der Waals surface area (Å²) in [4.78, 5) is 15.4. The van der Waals surface area contributed by atoms with E-state index >= 15 is 0 Å². The number of fused-ring (bicyclic) bond motifs is 3. The largest absolute Gasteiger partial charge is 0.481 e. The minimum atomic E-state index is -0.784. The van der Waals surface area contributed by atoms with E-state index in [0.29, 0.717) is 6.42 Å². The first-order valence-corrected chi connectivity index (χ1v) is 6.21. The zero-order valence-electron chi connectivity index (χ0n) is 10.6. The van der Waals surface area contributed by atoms with E-state index in [-0.39, 0.29) is 6.42 Å². The summed E-state index contributed by atoms with van der Waals surface area (Å²) >= 11 is 0. The summed E-state index contributed by atoms with van der Waals surface area (Å²) in [5.74, 6) is -0.784. The van der Waals surface area contributed by atoms with Crippen LogP contribution >= 0.6 is 0 Å². The van der Waals surface area contributed by atoms with Gasteiger partial charge in [-0.3, -0.25) is 4.79 Å². The molecule has 4 nitrogen and oxygen atoms in total. The molecule has 0 radical (unpaired) electrons. The second-order valence-electron chi connectivity index (χ2n) is 4.66. The Hall–Kier alpha value is -2.36. The Kier molecular flexibility index (Phi) is 2.71. The summed E-state index contributed by atoms with van der Waals surface area (Å²) in [7, 11) is 1.93. The van der Waals surface area contributed by atoms with Gasteiger partial charge in [0.05, 0.1) is 17.6 Å². The van der Waals surface area contributed by atoms with Gasteiger partial charge in [-0.25, -0.2) is 4.98 Å². The number of carboxylic acids is 1. The van der Waals surface area contributed by atoms with Gasteiger partial charge in [-0.1, -0.05) is 18.2 Å². The number of benzene rings is 1. The molecule has 1 aromatic rings. The Morgan fingerprint density at radius 2 is 2.11 bits per heavy atom. The number of carboxylic acid groups (broad SMARTS) is 1. The van der Waals surface area contributed by atoms with E-state index in [1.165, 1.54) is 0 Å². The fraction of sp³-hybridized carbons (Fsp3) is 0.200. The summed E-state index contributed by atoms with van der Waals surface area (Å²) in [6.07, 6.45) is 2.58. The second-order valence-corrected chi connectivity index (χ2v) is 4.66. The van der Waals surface area contributed by atoms with Crippen LogP contribution in [0.2, 0.25) is 0 Å². The van der Waals surface area contributed by atoms with Gasteiger partial charge >= 0.3 is 5.97 Å². The molecule has 1 aromatic carbocycles. The van der Waals surface area contributed by atoms with E-state index in [1.807, 2.05) is 48.1 Å². The van der Waals surface area contributed by atoms with E-state index in [0.717, 1.165) is 27.9 Å². The Morgan fingerprint density at radius 1 is 1.32 bits per heavy atom. The molecule has 0 amide bonds. The molecule has 4 heteroatoms. The van der Waals surface area contributed by atoms with Crippen molar-refractivity contribution in [3.05, 3.63) is 42.2 Å². The Morgan fingerprint density at radius 3 is 2.89 bits per heavy atom. The highest BCUT2D eigenvalue weighted by Gasteiger charge is 2.17. The minimum Gasteiger partial charge on any atom is -0.481 e. The molecule has 0 bridgehead atoms. The summed E-state index contributed by atoms with van der Waals surface area (Å²) in [6, 6.07) is 10.0. The highest BCUT2D eigenvalue weighted by molar-refractivity contribution is 5.97. The molecular formula is C15H14N2O2. The molecule has 0 saturated carbocycles. The van der Waals surface area contributed by atoms with Crippen LogP contribution in [0, 0.1) is 0 Å². The van der Waals surface area contributed by atoms with Gasteiger partial charge < -0.3 is 9.67 Å². The van der Waals surface area contributed by atoms with Crippen LogP contribution in [-0.4, -0.2) is 20.6 Å². The van der Waals surface area contributed by atoms with Gasteiger partial charge in [0.15, 0.2) is 0 Å². The third-order valence-electron chi connectivity index (χ3n) is 3.42. The van der Waals surface area contributed by atoms with Crippen molar-refractivity contribution in [2.45, 2.75) is 12.8 Å². The first-order chi connectivity index (χ1) is 9.16. The van der Waals surface area contributed by atoms with E-state index in [2.05, 4.69) is 4.98 Å². The molecule has 0 atom stereocenters. The van der Waals surface area contributed by atoms with Crippen LogP contribution in [0.25, 0.3) is 22.2 Å². The highest BCUT2D eigenvalue weighted by Crippen LogP contribution is 2.33. The number of aryl methyl sites for hydroxylation is 1. The lowest BCUT2D eigenvalue weighted by Gasteiger charge is -2.12. The van der Waals surface area contributed by atoms with Gasteiger partial charge in [0.2, 0.25) is 0 Å². The van der Waals surface area contributed by atoms with Crippen molar-refractivity contribution in [1.29, 1.82) is 0 Å². The molecule has 1 N–H and O–H groups in total. The minimum absolute atomic E-state index is 0.121. The molecule has 19 heavy (non-hydrogen) atoms. The number of hydrogen-bond donors (Lipinski definition) is 1. The van der Waals surface area contributed by atoms with Crippen LogP contribution in [0.3, 0.4) is 0 Å². The van der Waals surface area contributed by atoms with E-state index in [1.54, 1.807) is 0 Å². The van der Waals surface area contributed by atoms with Crippen molar-refractivity contribution >= 4 is 16.9 Å². The molecule has 0 aliphatic carbocycles. The molecule has 96 valence electrons. The Labute approximate surface area is 110 Å². The molecule has 0 unspecified atom stereocenters. The third-order valence-corrected chi connectivity index (χ3v) is 3.42. The molecule has 0 aromatic heterocycles. The molecule has 0 fully saturated rings. The monoisotopic (exact) mass is 254 g/mol. The average molecular weight is 254 g/mol. The van der Waals surface area contributed by atoms with Crippen molar-refractivity contribution in [3.8, 4) is 11.3 Å². The maximum absolute atomic E-state index is 10.8. The fourth-order valence-corrected chi connectivity index (χ4v) is 2.46. The first kappa shape index (κ1) is 11.7. The van der Waals surface area contributed by atoms with E-state index in [9.17, 15) is 4.79 Å². The summed E-state index contributed by atoms with van der Waals surface area (Å²) < 4.78 is 1.96. The van der Waals surface area contributed by atoms with Crippen LogP contribution in [0.15, 0.2) is 36.5 Å². The Balaban J connectivity index is 2.18. The summed E-state index contributed by atoms with van der Waals surface area (Å²) in [5, 5.41) is 9.97. The van der Waals surface area contributed by atoms with E-state index < -0.39 is 5.97 Å². The lowest BCUT2D eigenvalue weighted by molar-refractivity contribution is -0.136. The quantitative estimate of drug-likeness (QED) is 0.781. The van der Waals surface area contributed by atoms with Crippen molar-refractivity contribution in [3.63, 3.8) is 0 Å². The molecule has 2 aliphatic rings. The first-order valence-electron chi connectivity index (χ1n) is 6.21. The van der Waals surface area contributed by atoms with E-state index in [4.69, 9.17) is 5.11 Å². The zero-order chi connectivity index (χ0) is 13.4. The average Bonchev–Trinajstić information content (AvgIpc) is 2.75. The number of nitrogens with zero attached hydrogens (tertiary/aromatic N) is 2. The highest BCUT2D eigenvalue weighted by atomic mass is 16.4. The molecular weight excluding hydrogens is 240 g/mol. The number of pyridine rings is 1. The number of aromatic nitrogens is 2. The maximum atomic E-state index is 10.8. The van der Waals surface area contributed by atoms with Gasteiger partial charge in [0, 0.05) is 36.3 Å². The van der Waals surface area contributed by atoms with Gasteiger partial charge in [0.25, 0.3) is 0 Å². The van der Waals surface area contributed by atoms with Crippen LogP contribution < -0.4 is 0 Å². The third kappa shape index (κ3) is 1.95. The van der Waals surface area contributed by atoms with Crippen molar-refractivity contribution in [2.75, 3.05) is 0 Å². The molecule has 0 saturated heterocycles. The molecule has 3 rings (SSSR count). The second kappa shape index (κ2) is 4.39. The van der Waals surface area contributed by atoms with Crippen molar-refractivity contribution in [1.82, 2.24) is 9.55 Å². The van der Waals surface area contributed by atoms with Gasteiger partial charge in [0.1, 0.15) is 0 Å². The van der Waals surface area contributed by atoms with Crippen molar-refractivity contribution < 1.29 is 9.90 Å². The molecule has 2 aliphatic heterocycles. The van der Waals surface area contributed by atoms with Crippen LogP contribution in [-0.2, 0) is 18.3 Å². The standard InChI is InChI=1S/C15H14N2O2/c1-17-9-8-11-10-4-2-3-5-12(10)16-15(11)13(17)6-7-14(18)19/h2-5,8-9H,6-7H2,1H3,(H,18,19). The Bertz CT molecular complexity index is 730. The SMILES string of the molecule is Cn1ccc2c3ccccc3nc-2c1CCC(=O)O. The normalized spacial score (nSPS) is 11.2. The van der Waals surface area contributed by atoms with Gasteiger partial charge in [-0.05, 0) is 12.1 Å². The lowest BCUT2D eigenvalue weighted by atomic mass is 10.0. The fourth-order valence-electron chi connectivity index (χ4n) is 2.46. The predicted octanol–water partition coefficient (Wildman–Crippen LogP) is 2.70. The van der Waals surface area contributed by atoms with Crippen LogP contribution in [0.4, 0.5) is 0 Å². The number of aliphatic carboxylic acids is 1. The van der Waals surface area contributed by atoms with Gasteiger partial charge in [-0.2, -0.15) is 0 Å². The smallest absolute Gasteiger partial charge is 0.303 e. The predicted molar refractivity (Wildman–Crippen MR) is 73.3 cm³/mol.